The van der Waals surface area contributed by atoms with E-state index in [2.05, 4.69) is 104 Å². The number of halogens is 3. The zero-order valence-electron chi connectivity index (χ0n) is 57.3. The normalized spacial score (nSPS) is 9.29. The van der Waals surface area contributed by atoms with Gasteiger partial charge >= 0.3 is 80.5 Å². The molecule has 0 aromatic carbocycles. The van der Waals surface area contributed by atoms with Crippen LogP contribution < -0.4 is 15.3 Å². The molecule has 0 rings (SSSR count). The number of rotatable bonds is 36. The van der Waals surface area contributed by atoms with Gasteiger partial charge in [-0.15, -0.1) is 0 Å². The van der Waals surface area contributed by atoms with Crippen LogP contribution in [0.3, 0.4) is 0 Å². The quantitative estimate of drug-likeness (QED) is 0.0325. The van der Waals surface area contributed by atoms with Gasteiger partial charge in [0.15, 0.2) is 0 Å². The van der Waals surface area contributed by atoms with Gasteiger partial charge in [0.05, 0.1) is 19.3 Å². The molecule has 0 aromatic heterocycles. The van der Waals surface area contributed by atoms with Crippen LogP contribution in [0.5, 0.6) is 0 Å². The van der Waals surface area contributed by atoms with Gasteiger partial charge in [0.25, 0.3) is 14.1 Å². The van der Waals surface area contributed by atoms with Gasteiger partial charge in [-0.05, 0) is 80.1 Å². The summed E-state index contributed by atoms with van der Waals surface area (Å²) in [6, 6.07) is 0. The predicted molar refractivity (Wildman–Crippen MR) is 355 cm³/mol. The van der Waals surface area contributed by atoms with Crippen LogP contribution in [0.15, 0.2) is 0 Å². The third kappa shape index (κ3) is 162. The standard InChI is InChI=1S/3C8H16O2.3C5H8O2.3C4H9.6C2H5.4Al.3ClH.Nd/c3*1-2-3-4-5-6-7-8(9)10;3*1-4(6)3-5(2)7;3*1-4(2)3;6*1-2;;;;;;;;/h3*2-7H2,1H3,(H,9,10);3*3H2,1-2H3;3*4H,1H2,2-3H3;6*1H2,2H3;;;;;3*1H;/q;;;;;;;;;;;;;;;;3*+1;;;;+3/p-6. The van der Waals surface area contributed by atoms with Crippen molar-refractivity contribution in [3.05, 3.63) is 0 Å². The molecule has 0 N–H and O–H groups in total. The molecule has 0 saturated heterocycles. The Labute approximate surface area is 575 Å². The molecule has 0 aliphatic carbocycles. The number of carboxylic acid groups (broad SMARTS) is 3. The maximum absolute atomic E-state index is 10.0. The molecule has 12 nitrogen and oxygen atoms in total. The molecule has 0 aromatic rings. The number of hydrogen-bond donors (Lipinski definition) is 0. The minimum atomic E-state index is -0.920. The summed E-state index contributed by atoms with van der Waals surface area (Å²) >= 11 is -2.47. The van der Waals surface area contributed by atoms with Crippen LogP contribution in [-0.2, 0) is 43.2 Å². The van der Waals surface area contributed by atoms with Crippen molar-refractivity contribution in [1.29, 1.82) is 0 Å². The van der Waals surface area contributed by atoms with E-state index in [9.17, 15) is 58.5 Å². The Morgan fingerprint density at radius 2 is 0.470 bits per heavy atom. The molecule has 0 fully saturated rings. The number of carbonyl (C=O) groups is 9. The molecule has 1 radical (unpaired) electrons. The topological polar surface area (TPSA) is 223 Å². The van der Waals surface area contributed by atoms with Crippen LogP contribution in [0.2, 0.25) is 47.5 Å². The molecule has 0 spiro atoms. The summed E-state index contributed by atoms with van der Waals surface area (Å²) in [5.74, 6) is -0.359. The zero-order chi connectivity index (χ0) is 66.5. The third-order valence-electron chi connectivity index (χ3n) is 11.0. The van der Waals surface area contributed by atoms with Crippen molar-refractivity contribution in [1.82, 2.24) is 0 Å². The maximum Gasteiger partial charge on any atom is 3.00 e. The first-order valence-corrected chi connectivity index (χ1v) is 44.1. The Kier molecular flexibility index (Phi) is 116. The van der Waals surface area contributed by atoms with Gasteiger partial charge in [0, 0.05) is 17.9 Å². The van der Waals surface area contributed by atoms with Crippen LogP contribution in [0.4, 0.5) is 0 Å². The van der Waals surface area contributed by atoms with Crippen LogP contribution in [0.1, 0.15) is 280 Å². The fourth-order valence-corrected chi connectivity index (χ4v) is 13.1. The average Bonchev–Trinajstić information content (AvgIpc) is 3.35. The molecule has 0 unspecified atom stereocenters. The largest absolute Gasteiger partial charge is 3.00 e. The number of unbranched alkanes of at least 4 members (excludes halogenated alkanes) is 12. The summed E-state index contributed by atoms with van der Waals surface area (Å²) in [5, 5.41) is 41.8. The van der Waals surface area contributed by atoms with Gasteiger partial charge in [0.1, 0.15) is 34.7 Å². The van der Waals surface area contributed by atoms with Gasteiger partial charge in [-0.25, -0.2) is 0 Å². The van der Waals surface area contributed by atoms with E-state index in [1.165, 1.54) is 112 Å². The van der Waals surface area contributed by atoms with Crippen LogP contribution in [-0.4, -0.2) is 106 Å². The number of carbonyl (C=O) groups excluding carboxylic acids is 9. The van der Waals surface area contributed by atoms with E-state index >= 15 is 0 Å². The predicted octanol–water partition coefficient (Wildman–Crippen LogP) is 16.2. The van der Waals surface area contributed by atoms with E-state index in [1.54, 1.807) is 15.8 Å². The van der Waals surface area contributed by atoms with Crippen LogP contribution >= 0.6 is 30.1 Å². The monoisotopic (exact) mass is 1430 g/mol. The van der Waals surface area contributed by atoms with Crippen molar-refractivity contribution in [3.63, 3.8) is 0 Å². The molecule has 0 aliphatic heterocycles. The van der Waals surface area contributed by atoms with Crippen LogP contribution in [0, 0.1) is 58.6 Å². The van der Waals surface area contributed by atoms with E-state index in [0.717, 1.165) is 75.5 Å². The smallest absolute Gasteiger partial charge is 0.550 e. The van der Waals surface area contributed by atoms with Gasteiger partial charge in [-0.3, -0.25) is 58.9 Å². The Hall–Kier alpha value is 0.781. The number of hydrogen-bond acceptors (Lipinski definition) is 12. The summed E-state index contributed by atoms with van der Waals surface area (Å²) in [5.41, 5.74) is 0. The molecular formula is C63H126Al4Cl3NdO12. The van der Waals surface area contributed by atoms with E-state index in [1.807, 2.05) is 0 Å². The molecule has 0 bridgehead atoms. The van der Waals surface area contributed by atoms with Crippen molar-refractivity contribution in [2.24, 2.45) is 17.8 Å². The Morgan fingerprint density at radius 3 is 0.554 bits per heavy atom. The second kappa shape index (κ2) is 89.2. The van der Waals surface area contributed by atoms with Crippen molar-refractivity contribution in [2.75, 3.05) is 0 Å². The summed E-state index contributed by atoms with van der Waals surface area (Å²) < 4.78 is 0. The number of carboxylic acids is 3. The number of ketones is 6. The van der Waals surface area contributed by atoms with Gasteiger partial charge in [0.2, 0.25) is 0 Å². The zero-order valence-corrected chi connectivity index (χ0v) is 67.4. The summed E-state index contributed by atoms with van der Waals surface area (Å²) in [6.45, 7) is 42.1. The average molecular weight is 1430 g/mol. The minimum Gasteiger partial charge on any atom is -0.550 e. The second-order valence-corrected chi connectivity index (χ2v) is 39.5. The Morgan fingerprint density at radius 1 is 0.313 bits per heavy atom. The fourth-order valence-electron chi connectivity index (χ4n) is 6.83. The first-order valence-electron chi connectivity index (χ1n) is 31.5. The molecule has 83 heavy (non-hydrogen) atoms. The van der Waals surface area contributed by atoms with Gasteiger partial charge < -0.3 is 29.7 Å². The molecule has 0 amide bonds. The Bertz CT molecular complexity index is 1250. The molecular weight excluding hydrogens is 1310 g/mol. The van der Waals surface area contributed by atoms with E-state index in [4.69, 9.17) is 30.1 Å². The van der Waals surface area contributed by atoms with E-state index in [-0.39, 0.29) is 114 Å². The SMILES string of the molecule is CC(=O)CC(C)=O.CC(=O)CC(C)=O.CC(=O)CC(C)=O.CC(C)[CH2][Al]([CH2]C(C)C)[CH2]C(C)C.CCCCCCCC(=O)[O-].CCCCCCCC(=O)[O-].CCCCCCCC(=O)[O-].C[CH2][Al]([Cl])[CH2]C.C[CH2][Al]([Cl])[CH2]C.C[CH2][Al]([Cl])[CH2]C.[Nd+3]. The second-order valence-electron chi connectivity index (χ2n) is 22.3. The molecule has 0 saturated carbocycles. The number of Topliss-reactive ketones (excluding diaryl/α,β-unsaturated/α-hetero) is 6. The van der Waals surface area contributed by atoms with Gasteiger partial charge in [-0.2, -0.15) is 0 Å². The maximum atomic E-state index is 10.0. The van der Waals surface area contributed by atoms with E-state index in [0.29, 0.717) is 0 Å². The molecule has 0 aliphatic rings. The third-order valence-corrected chi connectivity index (χ3v) is 26.7. The van der Waals surface area contributed by atoms with Gasteiger partial charge in [-0.1, -0.05) is 246 Å². The molecule has 487 valence electrons. The fraction of sp³-hybridized carbons (Fsp3) is 0.857. The first-order chi connectivity index (χ1) is 38.0. The summed E-state index contributed by atoms with van der Waals surface area (Å²) in [7, 11) is 17.4. The summed E-state index contributed by atoms with van der Waals surface area (Å²) in [4.78, 5) is 90.0. The molecule has 0 atom stereocenters. The summed E-state index contributed by atoms with van der Waals surface area (Å²) in [6.07, 6.45) is 17.1. The van der Waals surface area contributed by atoms with Crippen molar-refractivity contribution in [2.45, 2.75) is 328 Å². The van der Waals surface area contributed by atoms with E-state index < -0.39 is 71.7 Å². The minimum absolute atomic E-state index is 0. The van der Waals surface area contributed by atoms with Crippen molar-refractivity contribution in [3.8, 4) is 0 Å². The van der Waals surface area contributed by atoms with Crippen molar-refractivity contribution < 1.29 is 99.3 Å². The first kappa shape index (κ1) is 108. The number of aliphatic carboxylic acids is 3. The Balaban J connectivity index is -0.0000000778. The molecule has 0 heterocycles. The van der Waals surface area contributed by atoms with Crippen molar-refractivity contribution >= 4 is 137 Å². The molecule has 20 heteroatoms. The van der Waals surface area contributed by atoms with Crippen LogP contribution in [0.25, 0.3) is 0 Å².